The Bertz CT molecular complexity index is 516. The van der Waals surface area contributed by atoms with E-state index in [-0.39, 0.29) is 18.5 Å². The highest BCUT2D eigenvalue weighted by molar-refractivity contribution is 5.45. The first-order valence-corrected chi connectivity index (χ1v) is 7.13. The lowest BCUT2D eigenvalue weighted by molar-refractivity contribution is -0.703. The maximum absolute atomic E-state index is 10.3. The van der Waals surface area contributed by atoms with Crippen LogP contribution in [0, 0.1) is 6.92 Å². The molecule has 1 atom stereocenters. The standard InChI is InChI=1S/C17H23N2O.ClH/c1-3-19(16-7-5-4-6-8-16)14-17(20)13-18-11-9-15(2)10-12-18;/h4-12,17,20H,3,13-14H2,1-2H3;1H/q+1;/p-1. The fourth-order valence-electron chi connectivity index (χ4n) is 2.26. The molecule has 1 N–H and O–H groups in total. The number of pyridine rings is 1. The predicted octanol–water partition coefficient (Wildman–Crippen LogP) is -0.826. The molecule has 0 aliphatic heterocycles. The Balaban J connectivity index is 0.00000220. The largest absolute Gasteiger partial charge is 1.00 e. The number of likely N-dealkylation sites (N-methyl/N-ethyl adjacent to an activating group) is 1. The van der Waals surface area contributed by atoms with E-state index in [0.29, 0.717) is 13.1 Å². The maximum Gasteiger partial charge on any atom is 0.175 e. The number of nitrogens with zero attached hydrogens (tertiary/aromatic N) is 2. The van der Waals surface area contributed by atoms with Gasteiger partial charge in [-0.25, -0.2) is 4.57 Å². The zero-order valence-corrected chi connectivity index (χ0v) is 13.4. The molecule has 0 spiro atoms. The van der Waals surface area contributed by atoms with Crippen LogP contribution in [0.2, 0.25) is 0 Å². The van der Waals surface area contributed by atoms with Crippen molar-refractivity contribution >= 4 is 5.69 Å². The molecule has 1 unspecified atom stereocenters. The molecule has 1 heterocycles. The summed E-state index contributed by atoms with van der Waals surface area (Å²) in [6.07, 6.45) is 3.64. The average molecular weight is 307 g/mol. The minimum absolute atomic E-state index is 0. The second-order valence-corrected chi connectivity index (χ2v) is 5.10. The van der Waals surface area contributed by atoms with Crippen LogP contribution in [0.25, 0.3) is 0 Å². The van der Waals surface area contributed by atoms with Crippen LogP contribution < -0.4 is 21.9 Å². The topological polar surface area (TPSA) is 27.3 Å². The van der Waals surface area contributed by atoms with Crippen LogP contribution in [-0.4, -0.2) is 24.3 Å². The van der Waals surface area contributed by atoms with E-state index in [1.165, 1.54) is 5.56 Å². The molecule has 21 heavy (non-hydrogen) atoms. The van der Waals surface area contributed by atoms with Gasteiger partial charge in [0.2, 0.25) is 0 Å². The van der Waals surface area contributed by atoms with Gasteiger partial charge in [0.15, 0.2) is 18.9 Å². The Morgan fingerprint density at radius 2 is 1.71 bits per heavy atom. The van der Waals surface area contributed by atoms with Gasteiger partial charge < -0.3 is 22.4 Å². The minimum Gasteiger partial charge on any atom is -1.00 e. The van der Waals surface area contributed by atoms with Crippen molar-refractivity contribution in [3.8, 4) is 0 Å². The molecule has 4 heteroatoms. The van der Waals surface area contributed by atoms with Gasteiger partial charge in [-0.2, -0.15) is 0 Å². The SMILES string of the molecule is CCN(CC(O)C[n+]1ccc(C)cc1)c1ccccc1.[Cl-]. The zero-order chi connectivity index (χ0) is 14.4. The molecule has 0 radical (unpaired) electrons. The van der Waals surface area contributed by atoms with Gasteiger partial charge in [-0.1, -0.05) is 18.2 Å². The quantitative estimate of drug-likeness (QED) is 0.706. The van der Waals surface area contributed by atoms with Crippen LogP contribution in [0.4, 0.5) is 5.69 Å². The van der Waals surface area contributed by atoms with Crippen LogP contribution in [-0.2, 0) is 6.54 Å². The normalized spacial score (nSPS) is 11.6. The highest BCUT2D eigenvalue weighted by Crippen LogP contribution is 2.13. The van der Waals surface area contributed by atoms with E-state index in [1.807, 2.05) is 35.2 Å². The van der Waals surface area contributed by atoms with Crippen LogP contribution in [0.15, 0.2) is 54.9 Å². The van der Waals surface area contributed by atoms with Crippen LogP contribution in [0.1, 0.15) is 12.5 Å². The number of aliphatic hydroxyl groups excluding tert-OH is 1. The molecule has 0 saturated carbocycles. The molecule has 0 fully saturated rings. The van der Waals surface area contributed by atoms with E-state index in [1.54, 1.807) is 0 Å². The molecule has 0 amide bonds. The number of hydrogen-bond acceptors (Lipinski definition) is 2. The molecule has 0 saturated heterocycles. The van der Waals surface area contributed by atoms with Gasteiger partial charge in [0.05, 0.1) is 6.54 Å². The monoisotopic (exact) mass is 306 g/mol. The van der Waals surface area contributed by atoms with Gasteiger partial charge >= 0.3 is 0 Å². The van der Waals surface area contributed by atoms with Crippen LogP contribution in [0.3, 0.4) is 0 Å². The number of aliphatic hydroxyl groups is 1. The van der Waals surface area contributed by atoms with Crippen molar-refractivity contribution in [2.45, 2.75) is 26.5 Å². The molecule has 1 aromatic carbocycles. The van der Waals surface area contributed by atoms with Crippen LogP contribution >= 0.6 is 0 Å². The number of halogens is 1. The number of anilines is 1. The van der Waals surface area contributed by atoms with E-state index in [4.69, 9.17) is 0 Å². The van der Waals surface area contributed by atoms with Crippen LogP contribution in [0.5, 0.6) is 0 Å². The van der Waals surface area contributed by atoms with Crippen molar-refractivity contribution in [2.75, 3.05) is 18.0 Å². The second-order valence-electron chi connectivity index (χ2n) is 5.10. The first-order valence-electron chi connectivity index (χ1n) is 7.13. The molecule has 2 aromatic rings. The van der Waals surface area contributed by atoms with Crippen molar-refractivity contribution in [1.29, 1.82) is 0 Å². The number of aromatic nitrogens is 1. The van der Waals surface area contributed by atoms with Gasteiger partial charge in [0, 0.05) is 24.4 Å². The van der Waals surface area contributed by atoms with Gasteiger partial charge in [0.25, 0.3) is 0 Å². The van der Waals surface area contributed by atoms with E-state index >= 15 is 0 Å². The third-order valence-corrected chi connectivity index (χ3v) is 3.41. The Hall–Kier alpha value is -1.58. The van der Waals surface area contributed by atoms with Crippen molar-refractivity contribution in [3.05, 3.63) is 60.4 Å². The molecule has 114 valence electrons. The summed E-state index contributed by atoms with van der Waals surface area (Å²) in [6.45, 7) is 6.32. The highest BCUT2D eigenvalue weighted by Gasteiger charge is 2.15. The fourth-order valence-corrected chi connectivity index (χ4v) is 2.26. The molecule has 0 aliphatic carbocycles. The summed E-state index contributed by atoms with van der Waals surface area (Å²) in [4.78, 5) is 2.19. The van der Waals surface area contributed by atoms with Crippen molar-refractivity contribution < 1.29 is 22.1 Å². The highest BCUT2D eigenvalue weighted by atomic mass is 35.5. The Morgan fingerprint density at radius 1 is 1.10 bits per heavy atom. The summed E-state index contributed by atoms with van der Waals surface area (Å²) in [5, 5.41) is 10.3. The summed E-state index contributed by atoms with van der Waals surface area (Å²) in [5.41, 5.74) is 2.39. The first-order chi connectivity index (χ1) is 9.69. The lowest BCUT2D eigenvalue weighted by atomic mass is 10.2. The number of rotatable bonds is 6. The maximum atomic E-state index is 10.3. The zero-order valence-electron chi connectivity index (χ0n) is 12.6. The van der Waals surface area contributed by atoms with Gasteiger partial charge in [-0.05, 0) is 31.5 Å². The Morgan fingerprint density at radius 3 is 2.29 bits per heavy atom. The Kier molecular flexibility index (Phi) is 7.20. The lowest BCUT2D eigenvalue weighted by Crippen LogP contribution is -3.00. The minimum atomic E-state index is -0.386. The number of benzene rings is 1. The molecular formula is C17H23ClN2O. The van der Waals surface area contributed by atoms with E-state index in [9.17, 15) is 5.11 Å². The fraction of sp³-hybridized carbons (Fsp3) is 0.353. The summed E-state index contributed by atoms with van der Waals surface area (Å²) in [7, 11) is 0. The van der Waals surface area contributed by atoms with E-state index in [0.717, 1.165) is 12.2 Å². The average Bonchev–Trinajstić information content (AvgIpc) is 2.48. The molecule has 0 aliphatic rings. The predicted molar refractivity (Wildman–Crippen MR) is 81.7 cm³/mol. The molecule has 0 bridgehead atoms. The Labute approximate surface area is 133 Å². The van der Waals surface area contributed by atoms with E-state index < -0.39 is 0 Å². The number of aryl methyl sites for hydroxylation is 1. The lowest BCUT2D eigenvalue weighted by Gasteiger charge is -2.24. The second kappa shape index (κ2) is 8.65. The first kappa shape index (κ1) is 17.5. The summed E-state index contributed by atoms with van der Waals surface area (Å²) < 4.78 is 2.02. The van der Waals surface area contributed by atoms with Gasteiger partial charge in [0.1, 0.15) is 6.10 Å². The van der Waals surface area contributed by atoms with Crippen molar-refractivity contribution in [1.82, 2.24) is 0 Å². The number of para-hydroxylation sites is 1. The summed E-state index contributed by atoms with van der Waals surface area (Å²) in [5.74, 6) is 0. The van der Waals surface area contributed by atoms with Crippen molar-refractivity contribution in [3.63, 3.8) is 0 Å². The summed E-state index contributed by atoms with van der Waals surface area (Å²) in [6, 6.07) is 14.3. The van der Waals surface area contributed by atoms with Gasteiger partial charge in [-0.15, -0.1) is 0 Å². The molecule has 1 aromatic heterocycles. The molecular weight excluding hydrogens is 284 g/mol. The molecule has 3 nitrogen and oxygen atoms in total. The van der Waals surface area contributed by atoms with E-state index in [2.05, 4.69) is 43.0 Å². The van der Waals surface area contributed by atoms with Gasteiger partial charge in [-0.3, -0.25) is 0 Å². The van der Waals surface area contributed by atoms with Crippen molar-refractivity contribution in [2.24, 2.45) is 0 Å². The number of hydrogen-bond donors (Lipinski definition) is 1. The third-order valence-electron chi connectivity index (χ3n) is 3.41. The molecule has 2 rings (SSSR count). The smallest absolute Gasteiger partial charge is 0.175 e. The third kappa shape index (κ3) is 5.37. The summed E-state index contributed by atoms with van der Waals surface area (Å²) >= 11 is 0.